The maximum atomic E-state index is 13.3. The molecule has 0 spiro atoms. The van der Waals surface area contributed by atoms with E-state index in [0.29, 0.717) is 25.3 Å². The summed E-state index contributed by atoms with van der Waals surface area (Å²) in [7, 11) is 0.0701. The van der Waals surface area contributed by atoms with Gasteiger partial charge in [-0.25, -0.2) is 9.78 Å². The highest BCUT2D eigenvalue weighted by Gasteiger charge is 2.26. The number of carboxylic acid groups (broad SMARTS) is 1. The summed E-state index contributed by atoms with van der Waals surface area (Å²) in [6, 6.07) is 2.80. The Morgan fingerprint density at radius 2 is 1.85 bits per heavy atom. The third-order valence-electron chi connectivity index (χ3n) is 6.47. The van der Waals surface area contributed by atoms with Crippen molar-refractivity contribution in [1.82, 2.24) is 25.2 Å². The normalized spacial score (nSPS) is 15.0. The molecule has 14 heteroatoms. The van der Waals surface area contributed by atoms with Gasteiger partial charge in [0.05, 0.1) is 28.5 Å². The lowest BCUT2D eigenvalue weighted by Crippen LogP contribution is -2.50. The zero-order valence-corrected chi connectivity index (χ0v) is 24.1. The van der Waals surface area contributed by atoms with Crippen LogP contribution in [-0.2, 0) is 21.4 Å². The van der Waals surface area contributed by atoms with Crippen molar-refractivity contribution in [3.8, 4) is 0 Å². The molecule has 1 aromatic heterocycles. The van der Waals surface area contributed by atoms with Crippen LogP contribution < -0.4 is 20.3 Å². The van der Waals surface area contributed by atoms with Gasteiger partial charge in [0.15, 0.2) is 0 Å². The Morgan fingerprint density at radius 1 is 1.15 bits per heavy atom. The molecule has 0 bridgehead atoms. The molecule has 214 valence electrons. The number of nitrogens with zero attached hydrogens (tertiary/aromatic N) is 3. The van der Waals surface area contributed by atoms with Crippen molar-refractivity contribution in [1.29, 1.82) is 0 Å². The van der Waals surface area contributed by atoms with Crippen LogP contribution in [0.4, 0.5) is 5.69 Å². The zero-order chi connectivity index (χ0) is 28.7. The van der Waals surface area contributed by atoms with E-state index in [4.69, 9.17) is 0 Å². The summed E-state index contributed by atoms with van der Waals surface area (Å²) in [5, 5.41) is 20.6. The Hall–Kier alpha value is -3.07. The number of hydrogen-bond acceptors (Lipinski definition) is 8. The van der Waals surface area contributed by atoms with E-state index in [0.717, 1.165) is 27.1 Å². The van der Waals surface area contributed by atoms with Gasteiger partial charge in [-0.1, -0.05) is 6.92 Å². The van der Waals surface area contributed by atoms with Crippen molar-refractivity contribution in [2.45, 2.75) is 44.7 Å². The second-order valence-electron chi connectivity index (χ2n) is 9.74. The maximum Gasteiger partial charge on any atom is 0.335 e. The molecular weight excluding hydrogens is 544 g/mol. The van der Waals surface area contributed by atoms with E-state index in [-0.39, 0.29) is 29.3 Å². The number of aromatic nitrogens is 1. The lowest BCUT2D eigenvalue weighted by molar-refractivity contribution is -0.123. The molecule has 12 nitrogen and oxygen atoms in total. The Balaban J connectivity index is 1.80. The first-order valence-corrected chi connectivity index (χ1v) is 15.0. The molecule has 1 unspecified atom stereocenters. The number of aromatic carboxylic acids is 1. The molecule has 0 aliphatic heterocycles. The molecule has 0 saturated heterocycles. The van der Waals surface area contributed by atoms with Crippen molar-refractivity contribution in [3.05, 3.63) is 45.9 Å². The van der Waals surface area contributed by atoms with Crippen LogP contribution in [-0.4, -0.2) is 86.9 Å². The summed E-state index contributed by atoms with van der Waals surface area (Å²) in [4.78, 5) is 42.0. The Kier molecular flexibility index (Phi) is 10.4. The highest BCUT2D eigenvalue weighted by atomic mass is 32.2. The van der Waals surface area contributed by atoms with E-state index in [9.17, 15) is 27.9 Å². The van der Waals surface area contributed by atoms with E-state index in [2.05, 4.69) is 20.9 Å². The van der Waals surface area contributed by atoms with Gasteiger partial charge < -0.3 is 21.1 Å². The molecule has 4 N–H and O–H groups in total. The first kappa shape index (κ1) is 30.5. The summed E-state index contributed by atoms with van der Waals surface area (Å²) >= 11 is 1.42. The topological polar surface area (TPSA) is 161 Å². The second kappa shape index (κ2) is 13.3. The number of nitrogens with one attached hydrogen (secondary N) is 3. The molecule has 2 atom stereocenters. The van der Waals surface area contributed by atoms with Crippen LogP contribution in [0.3, 0.4) is 0 Å². The minimum Gasteiger partial charge on any atom is -0.478 e. The number of carboxylic acids is 1. The summed E-state index contributed by atoms with van der Waals surface area (Å²) in [5.41, 5.74) is 2.23. The first-order chi connectivity index (χ1) is 18.4. The molecule has 1 aliphatic rings. The number of rotatable bonds is 15. The third kappa shape index (κ3) is 8.46. The second-order valence-corrected chi connectivity index (χ2v) is 12.6. The van der Waals surface area contributed by atoms with Crippen LogP contribution in [0.5, 0.6) is 0 Å². The molecule has 3 rings (SSSR count). The van der Waals surface area contributed by atoms with Gasteiger partial charge in [-0.05, 0) is 43.4 Å². The summed E-state index contributed by atoms with van der Waals surface area (Å²) < 4.78 is 27.2. The molecule has 2 aromatic rings. The molecule has 1 heterocycles. The number of hydrogen-bond donors (Lipinski definition) is 4. The Bertz CT molecular complexity index is 1260. The zero-order valence-electron chi connectivity index (χ0n) is 22.5. The van der Waals surface area contributed by atoms with E-state index in [1.165, 1.54) is 50.7 Å². The minimum absolute atomic E-state index is 0.0109. The van der Waals surface area contributed by atoms with Crippen molar-refractivity contribution in [2.24, 2.45) is 5.92 Å². The van der Waals surface area contributed by atoms with Crippen LogP contribution in [0.1, 0.15) is 52.6 Å². The molecular formula is C25H36N6O6S2. The van der Waals surface area contributed by atoms with Crippen LogP contribution in [0.2, 0.25) is 0 Å². The minimum atomic E-state index is -3.92. The third-order valence-corrected chi connectivity index (χ3v) is 8.93. The lowest BCUT2D eigenvalue weighted by atomic mass is 10.1. The molecule has 1 aromatic carbocycles. The molecule has 1 saturated carbocycles. The largest absolute Gasteiger partial charge is 0.478 e. The van der Waals surface area contributed by atoms with Gasteiger partial charge in [0.2, 0.25) is 5.91 Å². The SMILES string of the molecule is CCC(NC[C@H](Cc1cscn1)NC(=O)c1cc(C(=O)O)cc(N(C)S(=O)(=O)N(C)C)c1)C(=O)NCC1CC1. The van der Waals surface area contributed by atoms with E-state index >= 15 is 0 Å². The number of benzene rings is 1. The molecule has 0 radical (unpaired) electrons. The van der Waals surface area contributed by atoms with Gasteiger partial charge in [0, 0.05) is 57.6 Å². The average Bonchev–Trinajstić information content (AvgIpc) is 3.60. The van der Waals surface area contributed by atoms with Gasteiger partial charge in [-0.15, -0.1) is 11.3 Å². The van der Waals surface area contributed by atoms with Crippen LogP contribution in [0, 0.1) is 5.92 Å². The fourth-order valence-electron chi connectivity index (χ4n) is 3.86. The maximum absolute atomic E-state index is 13.3. The van der Waals surface area contributed by atoms with E-state index < -0.39 is 34.2 Å². The van der Waals surface area contributed by atoms with Crippen LogP contribution >= 0.6 is 11.3 Å². The highest BCUT2D eigenvalue weighted by Crippen LogP contribution is 2.27. The average molecular weight is 581 g/mol. The lowest BCUT2D eigenvalue weighted by Gasteiger charge is -2.25. The van der Waals surface area contributed by atoms with Crippen molar-refractivity contribution >= 4 is 45.0 Å². The number of thiazole rings is 1. The fraction of sp³-hybridized carbons (Fsp3) is 0.520. The number of carbonyl (C=O) groups is 3. The van der Waals surface area contributed by atoms with Crippen molar-refractivity contribution in [3.63, 3.8) is 0 Å². The molecule has 1 fully saturated rings. The monoisotopic (exact) mass is 580 g/mol. The number of anilines is 1. The number of amides is 2. The fourth-order valence-corrected chi connectivity index (χ4v) is 5.29. The quantitative estimate of drug-likeness (QED) is 0.245. The first-order valence-electron chi connectivity index (χ1n) is 12.7. The van der Waals surface area contributed by atoms with Crippen molar-refractivity contribution < 1.29 is 27.9 Å². The Labute approximate surface area is 233 Å². The standard InChI is InChI=1S/C25H36N6O6S2/c1-5-22(24(33)27-12-16-6-7-16)26-13-19(11-20-14-38-15-28-20)29-23(32)17-8-18(25(34)35)10-21(9-17)31(4)39(36,37)30(2)3/h8-10,14-16,19,22,26H,5-7,11-13H2,1-4H3,(H,27,33)(H,29,32)(H,34,35)/t19-,22?/m0/s1. The van der Waals surface area contributed by atoms with Crippen molar-refractivity contribution in [2.75, 3.05) is 38.5 Å². The molecule has 2 amide bonds. The van der Waals surface area contributed by atoms with Gasteiger partial charge in [0.25, 0.3) is 5.91 Å². The van der Waals surface area contributed by atoms with Gasteiger partial charge in [0.1, 0.15) is 0 Å². The van der Waals surface area contributed by atoms with Gasteiger partial charge >= 0.3 is 16.2 Å². The predicted octanol–water partition coefficient (Wildman–Crippen LogP) is 1.32. The summed E-state index contributed by atoms with van der Waals surface area (Å²) in [6.45, 7) is 2.83. The Morgan fingerprint density at radius 3 is 2.41 bits per heavy atom. The van der Waals surface area contributed by atoms with Crippen LogP contribution in [0.15, 0.2) is 29.1 Å². The van der Waals surface area contributed by atoms with Gasteiger partial charge in [-0.2, -0.15) is 12.7 Å². The van der Waals surface area contributed by atoms with E-state index in [1.54, 1.807) is 5.51 Å². The number of carbonyl (C=O) groups excluding carboxylic acids is 2. The summed E-state index contributed by atoms with van der Waals surface area (Å²) in [5.74, 6) is -1.41. The smallest absolute Gasteiger partial charge is 0.335 e. The molecule has 1 aliphatic carbocycles. The van der Waals surface area contributed by atoms with Gasteiger partial charge in [-0.3, -0.25) is 13.9 Å². The van der Waals surface area contributed by atoms with Crippen LogP contribution in [0.25, 0.3) is 0 Å². The molecule has 39 heavy (non-hydrogen) atoms. The van der Waals surface area contributed by atoms with E-state index in [1.807, 2.05) is 12.3 Å². The predicted molar refractivity (Wildman–Crippen MR) is 149 cm³/mol. The highest BCUT2D eigenvalue weighted by molar-refractivity contribution is 7.90. The summed E-state index contributed by atoms with van der Waals surface area (Å²) in [6.07, 6.45) is 3.20.